The van der Waals surface area contributed by atoms with Crippen molar-refractivity contribution in [3.05, 3.63) is 52.9 Å². The Kier molecular flexibility index (Phi) is 5.48. The molecule has 0 radical (unpaired) electrons. The van der Waals surface area contributed by atoms with Crippen LogP contribution in [0.15, 0.2) is 51.6 Å². The van der Waals surface area contributed by atoms with Crippen LogP contribution in [0.4, 0.5) is 5.69 Å². The summed E-state index contributed by atoms with van der Waals surface area (Å²) in [6, 6.07) is 9.95. The minimum atomic E-state index is -3.61. The van der Waals surface area contributed by atoms with E-state index in [0.717, 1.165) is 10.6 Å². The Hall–Kier alpha value is -1.80. The number of hydrogen-bond donors (Lipinski definition) is 1. The normalized spacial score (nSPS) is 12.7. The number of sulfonamides is 1. The van der Waals surface area contributed by atoms with Crippen molar-refractivity contribution in [2.45, 2.75) is 13.0 Å². The largest absolute Gasteiger partial charge is 0.467 e. The Morgan fingerprint density at radius 2 is 2.00 bits per heavy atom. The molecular weight excluding hydrogens is 384 g/mol. The summed E-state index contributed by atoms with van der Waals surface area (Å²) in [7, 11) is -3.61. The van der Waals surface area contributed by atoms with Crippen LogP contribution < -0.4 is 9.62 Å². The number of furan rings is 1. The molecule has 8 heteroatoms. The first-order chi connectivity index (χ1) is 10.8. The second-order valence-electron chi connectivity index (χ2n) is 5.03. The van der Waals surface area contributed by atoms with Gasteiger partial charge in [0.25, 0.3) is 0 Å². The Morgan fingerprint density at radius 3 is 2.57 bits per heavy atom. The molecule has 1 aromatic heterocycles. The summed E-state index contributed by atoms with van der Waals surface area (Å²) in [5.74, 6) is 0.181. The molecule has 2 aromatic rings. The van der Waals surface area contributed by atoms with Crippen molar-refractivity contribution in [3.63, 3.8) is 0 Å². The maximum absolute atomic E-state index is 12.2. The topological polar surface area (TPSA) is 79.6 Å². The quantitative estimate of drug-likeness (QED) is 0.807. The number of rotatable bonds is 6. The fourth-order valence-electron chi connectivity index (χ4n) is 2.06. The first-order valence-corrected chi connectivity index (χ1v) is 9.48. The number of para-hydroxylation sites is 1. The number of carbonyl (C=O) groups is 1. The lowest BCUT2D eigenvalue weighted by molar-refractivity contribution is -0.120. The monoisotopic (exact) mass is 400 g/mol. The summed E-state index contributed by atoms with van der Waals surface area (Å²) >= 11 is 3.31. The molecule has 0 aliphatic heterocycles. The molecular formula is C15H17BrN2O4S. The molecule has 0 fully saturated rings. The van der Waals surface area contributed by atoms with Gasteiger partial charge in [0.05, 0.1) is 24.2 Å². The van der Waals surface area contributed by atoms with Crippen molar-refractivity contribution in [1.82, 2.24) is 5.32 Å². The minimum Gasteiger partial charge on any atom is -0.467 e. The van der Waals surface area contributed by atoms with Crippen LogP contribution in [0.1, 0.15) is 18.7 Å². The molecule has 1 aromatic carbocycles. The van der Waals surface area contributed by atoms with Crippen molar-refractivity contribution < 1.29 is 17.6 Å². The van der Waals surface area contributed by atoms with Crippen LogP contribution >= 0.6 is 15.9 Å². The molecule has 1 N–H and O–H groups in total. The van der Waals surface area contributed by atoms with E-state index in [0.29, 0.717) is 15.9 Å². The zero-order chi connectivity index (χ0) is 17.0. The maximum Gasteiger partial charge on any atom is 0.241 e. The highest BCUT2D eigenvalue weighted by Crippen LogP contribution is 2.27. The molecule has 0 spiro atoms. The summed E-state index contributed by atoms with van der Waals surface area (Å²) in [5.41, 5.74) is 0.413. The van der Waals surface area contributed by atoms with E-state index in [1.807, 2.05) is 0 Å². The average Bonchev–Trinajstić information content (AvgIpc) is 2.99. The number of nitrogens with one attached hydrogen (secondary N) is 1. The van der Waals surface area contributed by atoms with Gasteiger partial charge in [0.2, 0.25) is 15.9 Å². The van der Waals surface area contributed by atoms with Gasteiger partial charge in [-0.3, -0.25) is 9.10 Å². The van der Waals surface area contributed by atoms with Crippen LogP contribution in [0.5, 0.6) is 0 Å². The molecule has 1 heterocycles. The number of carbonyl (C=O) groups excluding carboxylic acids is 1. The second kappa shape index (κ2) is 7.18. The number of benzene rings is 1. The van der Waals surface area contributed by atoms with Gasteiger partial charge >= 0.3 is 0 Å². The van der Waals surface area contributed by atoms with E-state index in [1.165, 1.54) is 6.26 Å². The number of hydrogen-bond acceptors (Lipinski definition) is 4. The van der Waals surface area contributed by atoms with E-state index in [4.69, 9.17) is 4.42 Å². The van der Waals surface area contributed by atoms with Crippen molar-refractivity contribution >= 4 is 37.5 Å². The van der Waals surface area contributed by atoms with Crippen LogP contribution in [0, 0.1) is 0 Å². The van der Waals surface area contributed by atoms with Crippen LogP contribution in [0.2, 0.25) is 0 Å². The lowest BCUT2D eigenvalue weighted by atomic mass is 10.2. The maximum atomic E-state index is 12.2. The average molecular weight is 401 g/mol. The fraction of sp³-hybridized carbons (Fsp3) is 0.267. The van der Waals surface area contributed by atoms with Gasteiger partial charge in [0, 0.05) is 4.47 Å². The smallest absolute Gasteiger partial charge is 0.241 e. The highest BCUT2D eigenvalue weighted by atomic mass is 79.9. The second-order valence-corrected chi connectivity index (χ2v) is 7.79. The van der Waals surface area contributed by atoms with Crippen molar-refractivity contribution in [3.8, 4) is 0 Å². The first kappa shape index (κ1) is 17.6. The fourth-order valence-corrected chi connectivity index (χ4v) is 3.55. The van der Waals surface area contributed by atoms with Crippen molar-refractivity contribution in [2.24, 2.45) is 0 Å². The van der Waals surface area contributed by atoms with Gasteiger partial charge < -0.3 is 9.73 Å². The standard InChI is InChI=1S/C15H17BrN2O4S/c1-11(14-8-5-9-22-14)17-15(19)10-18(23(2,20)21)13-7-4-3-6-12(13)16/h3-9,11H,10H2,1-2H3,(H,17,19). The predicted octanol–water partition coefficient (Wildman–Crippen LogP) is 2.69. The van der Waals surface area contributed by atoms with Crippen LogP contribution in [-0.2, 0) is 14.8 Å². The summed E-state index contributed by atoms with van der Waals surface area (Å²) in [4.78, 5) is 12.2. The third-order valence-electron chi connectivity index (χ3n) is 3.16. The molecule has 23 heavy (non-hydrogen) atoms. The third kappa shape index (κ3) is 4.59. The molecule has 1 atom stereocenters. The first-order valence-electron chi connectivity index (χ1n) is 6.84. The Balaban J connectivity index is 2.16. The molecule has 0 aliphatic rings. The number of halogens is 1. The van der Waals surface area contributed by atoms with Crippen LogP contribution in [-0.4, -0.2) is 27.1 Å². The van der Waals surface area contributed by atoms with Gasteiger partial charge in [0.1, 0.15) is 12.3 Å². The molecule has 124 valence electrons. The number of amides is 1. The number of anilines is 1. The molecule has 0 aliphatic carbocycles. The van der Waals surface area contributed by atoms with E-state index in [2.05, 4.69) is 21.2 Å². The zero-order valence-corrected chi connectivity index (χ0v) is 15.1. The van der Waals surface area contributed by atoms with E-state index < -0.39 is 15.9 Å². The molecule has 0 saturated heterocycles. The lowest BCUT2D eigenvalue weighted by Crippen LogP contribution is -2.41. The van der Waals surface area contributed by atoms with E-state index in [1.54, 1.807) is 43.3 Å². The lowest BCUT2D eigenvalue weighted by Gasteiger charge is -2.23. The number of nitrogens with zero attached hydrogens (tertiary/aromatic N) is 1. The van der Waals surface area contributed by atoms with Gasteiger partial charge in [-0.05, 0) is 47.1 Å². The highest BCUT2D eigenvalue weighted by molar-refractivity contribution is 9.10. The summed E-state index contributed by atoms with van der Waals surface area (Å²) in [6.07, 6.45) is 2.58. The van der Waals surface area contributed by atoms with Crippen molar-refractivity contribution in [1.29, 1.82) is 0 Å². The minimum absolute atomic E-state index is 0.313. The molecule has 1 amide bonds. The summed E-state index contributed by atoms with van der Waals surface area (Å²) in [5, 5.41) is 2.72. The van der Waals surface area contributed by atoms with Crippen LogP contribution in [0.3, 0.4) is 0 Å². The Morgan fingerprint density at radius 1 is 1.30 bits per heavy atom. The molecule has 2 rings (SSSR count). The van der Waals surface area contributed by atoms with E-state index >= 15 is 0 Å². The SMILES string of the molecule is CC(NC(=O)CN(c1ccccc1Br)S(C)(=O)=O)c1ccco1. The molecule has 6 nitrogen and oxygen atoms in total. The van der Waals surface area contributed by atoms with Gasteiger partial charge in [-0.2, -0.15) is 0 Å². The molecule has 1 unspecified atom stereocenters. The van der Waals surface area contributed by atoms with Gasteiger partial charge in [0.15, 0.2) is 0 Å². The Labute approximate surface area is 143 Å². The van der Waals surface area contributed by atoms with E-state index in [9.17, 15) is 13.2 Å². The molecule has 0 bridgehead atoms. The summed E-state index contributed by atoms with van der Waals surface area (Å²) < 4.78 is 31.0. The Bertz CT molecular complexity index is 775. The summed E-state index contributed by atoms with van der Waals surface area (Å²) in [6.45, 7) is 1.45. The highest BCUT2D eigenvalue weighted by Gasteiger charge is 2.23. The van der Waals surface area contributed by atoms with E-state index in [-0.39, 0.29) is 12.6 Å². The van der Waals surface area contributed by atoms with Crippen LogP contribution in [0.25, 0.3) is 0 Å². The zero-order valence-electron chi connectivity index (χ0n) is 12.7. The van der Waals surface area contributed by atoms with Gasteiger partial charge in [-0.1, -0.05) is 12.1 Å². The third-order valence-corrected chi connectivity index (χ3v) is 4.95. The predicted molar refractivity (Wildman–Crippen MR) is 91.6 cm³/mol. The van der Waals surface area contributed by atoms with Gasteiger partial charge in [-0.15, -0.1) is 0 Å². The van der Waals surface area contributed by atoms with Gasteiger partial charge in [-0.25, -0.2) is 8.42 Å². The molecule has 0 saturated carbocycles. The van der Waals surface area contributed by atoms with Crippen molar-refractivity contribution in [2.75, 3.05) is 17.1 Å².